The molecule has 34 heavy (non-hydrogen) atoms. The molecule has 0 saturated carbocycles. The first-order chi connectivity index (χ1) is 16.0. The average molecular weight is 473 g/mol. The van der Waals surface area contributed by atoms with E-state index in [1.165, 1.54) is 20.0 Å². The van der Waals surface area contributed by atoms with Gasteiger partial charge in [0.2, 0.25) is 5.91 Å². The van der Waals surface area contributed by atoms with Gasteiger partial charge in [0.15, 0.2) is 0 Å². The number of rotatable bonds is 3. The molecule has 1 atom stereocenters. The third-order valence-electron chi connectivity index (χ3n) is 5.81. The van der Waals surface area contributed by atoms with Crippen LogP contribution in [0.15, 0.2) is 36.5 Å². The Hall–Kier alpha value is -3.73. The van der Waals surface area contributed by atoms with Crippen LogP contribution in [0.4, 0.5) is 19.0 Å². The molecule has 3 aromatic rings. The zero-order valence-electron chi connectivity index (χ0n) is 18.7. The van der Waals surface area contributed by atoms with E-state index >= 15 is 0 Å². The summed E-state index contributed by atoms with van der Waals surface area (Å²) in [5.41, 5.74) is 7.86. The number of carbonyl (C=O) groups is 2. The number of aromatic nitrogens is 2. The van der Waals surface area contributed by atoms with E-state index in [0.29, 0.717) is 29.5 Å². The first kappa shape index (κ1) is 23.4. The number of hydrogen-bond donors (Lipinski definition) is 1. The van der Waals surface area contributed by atoms with Gasteiger partial charge in [-0.15, -0.1) is 0 Å². The van der Waals surface area contributed by atoms with E-state index in [2.05, 4.69) is 9.97 Å². The van der Waals surface area contributed by atoms with Crippen molar-refractivity contribution in [2.24, 2.45) is 0 Å². The predicted octanol–water partition coefficient (Wildman–Crippen LogP) is 3.86. The average Bonchev–Trinajstić information content (AvgIpc) is 3.18. The first-order valence-corrected chi connectivity index (χ1v) is 10.4. The molecule has 0 bridgehead atoms. The Labute approximate surface area is 193 Å². The van der Waals surface area contributed by atoms with Gasteiger partial charge in [0.05, 0.1) is 36.0 Å². The number of pyridine rings is 2. The molecule has 0 fully saturated rings. The number of carbonyl (C=O) groups excluding carboxylic acids is 2. The first-order valence-electron chi connectivity index (χ1n) is 10.4. The number of amides is 2. The number of nitrogen functional groups attached to an aromatic ring is 1. The molecule has 0 radical (unpaired) electrons. The third-order valence-corrected chi connectivity index (χ3v) is 5.81. The molecule has 2 N–H and O–H groups in total. The number of anilines is 1. The Morgan fingerprint density at radius 3 is 2.59 bits per heavy atom. The van der Waals surface area contributed by atoms with Gasteiger partial charge in [0.25, 0.3) is 5.91 Å². The lowest BCUT2D eigenvalue weighted by molar-refractivity contribution is -0.140. The summed E-state index contributed by atoms with van der Waals surface area (Å²) < 4.78 is 44.3. The summed E-state index contributed by atoms with van der Waals surface area (Å²) in [6, 6.07) is 6.94. The topological polar surface area (TPSA) is 102 Å². The van der Waals surface area contributed by atoms with Crippen LogP contribution in [0.1, 0.15) is 52.7 Å². The largest absolute Gasteiger partial charge is 0.417 e. The number of hydrazine groups is 1. The van der Waals surface area contributed by atoms with Gasteiger partial charge in [-0.2, -0.15) is 13.2 Å². The zero-order valence-corrected chi connectivity index (χ0v) is 18.7. The molecule has 1 aromatic carbocycles. The number of benzene rings is 1. The molecule has 8 nitrogen and oxygen atoms in total. The minimum atomic E-state index is -4.53. The second kappa shape index (κ2) is 8.56. The van der Waals surface area contributed by atoms with Crippen LogP contribution in [0.3, 0.4) is 0 Å². The Kier molecular flexibility index (Phi) is 5.90. The standard InChI is InChI=1S/C23H22F3N5O3/c1-12-20-18(11-34-12)17-8-14(4-7-19(17)29-21(20)27)22(33)31(30(3)13(2)32)10-16-6-5-15(9-28-16)23(24,25)26/h4-9,12H,10-11H2,1-3H3,(H2,27,29). The van der Waals surface area contributed by atoms with Gasteiger partial charge in [0.1, 0.15) is 5.82 Å². The highest BCUT2D eigenvalue weighted by Crippen LogP contribution is 2.38. The predicted molar refractivity (Wildman–Crippen MR) is 117 cm³/mol. The number of nitrogens with zero attached hydrogens (tertiary/aromatic N) is 4. The molecule has 3 heterocycles. The number of hydrogen-bond acceptors (Lipinski definition) is 6. The number of alkyl halides is 3. The molecule has 1 aliphatic heterocycles. The maximum absolute atomic E-state index is 13.4. The van der Waals surface area contributed by atoms with Gasteiger partial charge in [-0.25, -0.2) is 9.99 Å². The number of fused-ring (bicyclic) bond motifs is 3. The molecule has 2 amide bonds. The Morgan fingerprint density at radius 2 is 1.97 bits per heavy atom. The van der Waals surface area contributed by atoms with E-state index < -0.39 is 23.6 Å². The van der Waals surface area contributed by atoms with Gasteiger partial charge in [-0.05, 0) is 42.8 Å². The van der Waals surface area contributed by atoms with Crippen LogP contribution >= 0.6 is 0 Å². The van der Waals surface area contributed by atoms with Gasteiger partial charge >= 0.3 is 6.18 Å². The fraction of sp³-hybridized carbons (Fsp3) is 0.304. The van der Waals surface area contributed by atoms with Crippen molar-refractivity contribution in [1.82, 2.24) is 20.0 Å². The fourth-order valence-electron chi connectivity index (χ4n) is 3.87. The van der Waals surface area contributed by atoms with E-state index in [1.54, 1.807) is 18.2 Å². The second-order valence-electron chi connectivity index (χ2n) is 8.02. The van der Waals surface area contributed by atoms with Crippen molar-refractivity contribution < 1.29 is 27.5 Å². The summed E-state index contributed by atoms with van der Waals surface area (Å²) >= 11 is 0. The van der Waals surface area contributed by atoms with Crippen LogP contribution in [-0.4, -0.2) is 38.8 Å². The summed E-state index contributed by atoms with van der Waals surface area (Å²) in [6.07, 6.45) is -4.05. The fourth-order valence-corrected chi connectivity index (χ4v) is 3.87. The van der Waals surface area contributed by atoms with Crippen LogP contribution in [0.25, 0.3) is 10.9 Å². The summed E-state index contributed by atoms with van der Waals surface area (Å²) in [5.74, 6) is -0.588. The smallest absolute Gasteiger partial charge is 0.383 e. The van der Waals surface area contributed by atoms with Crippen molar-refractivity contribution in [3.8, 4) is 0 Å². The van der Waals surface area contributed by atoms with Crippen LogP contribution in [0.5, 0.6) is 0 Å². The van der Waals surface area contributed by atoms with Crippen molar-refractivity contribution >= 4 is 28.5 Å². The van der Waals surface area contributed by atoms with E-state index in [1.807, 2.05) is 6.92 Å². The normalized spacial score (nSPS) is 15.3. The summed E-state index contributed by atoms with van der Waals surface area (Å²) in [6.45, 7) is 3.26. The number of halogens is 3. The molecule has 1 unspecified atom stereocenters. The SMILES string of the molecule is CC(=O)N(C)N(Cc1ccc(C(F)(F)F)cn1)C(=O)c1ccc2nc(N)c3c(c2c1)COC3C. The van der Waals surface area contributed by atoms with E-state index in [0.717, 1.165) is 27.2 Å². The van der Waals surface area contributed by atoms with Gasteiger partial charge in [0, 0.05) is 36.7 Å². The van der Waals surface area contributed by atoms with Crippen molar-refractivity contribution in [3.63, 3.8) is 0 Å². The minimum Gasteiger partial charge on any atom is -0.383 e. The highest BCUT2D eigenvalue weighted by Gasteiger charge is 2.31. The van der Waals surface area contributed by atoms with Gasteiger partial charge < -0.3 is 10.5 Å². The highest BCUT2D eigenvalue weighted by atomic mass is 19.4. The van der Waals surface area contributed by atoms with Crippen molar-refractivity contribution in [2.75, 3.05) is 12.8 Å². The van der Waals surface area contributed by atoms with E-state index in [9.17, 15) is 22.8 Å². The molecule has 178 valence electrons. The molecule has 1 aliphatic rings. The molecule has 2 aromatic heterocycles. The Morgan fingerprint density at radius 1 is 1.24 bits per heavy atom. The van der Waals surface area contributed by atoms with Crippen LogP contribution in [0, 0.1) is 0 Å². The highest BCUT2D eigenvalue weighted by molar-refractivity contribution is 5.99. The third kappa shape index (κ3) is 4.26. The molecule has 0 saturated heterocycles. The van der Waals surface area contributed by atoms with Crippen LogP contribution in [-0.2, 0) is 28.9 Å². The lowest BCUT2D eigenvalue weighted by Gasteiger charge is -2.31. The molecule has 11 heteroatoms. The Bertz CT molecular complexity index is 1280. The molecular weight excluding hydrogens is 451 g/mol. The summed E-state index contributed by atoms with van der Waals surface area (Å²) in [7, 11) is 1.40. The molecule has 0 spiro atoms. The van der Waals surface area contributed by atoms with E-state index in [4.69, 9.17) is 10.5 Å². The molecule has 0 aliphatic carbocycles. The van der Waals surface area contributed by atoms with Crippen molar-refractivity contribution in [1.29, 1.82) is 0 Å². The maximum atomic E-state index is 13.4. The Balaban J connectivity index is 1.70. The van der Waals surface area contributed by atoms with E-state index in [-0.39, 0.29) is 23.9 Å². The second-order valence-corrected chi connectivity index (χ2v) is 8.02. The maximum Gasteiger partial charge on any atom is 0.417 e. The molecule has 4 rings (SSSR count). The quantitative estimate of drug-likeness (QED) is 0.580. The van der Waals surface area contributed by atoms with Crippen LogP contribution < -0.4 is 5.73 Å². The number of ether oxygens (including phenoxy) is 1. The zero-order chi connectivity index (χ0) is 24.8. The lowest BCUT2D eigenvalue weighted by Crippen LogP contribution is -2.46. The van der Waals surface area contributed by atoms with Gasteiger partial charge in [-0.3, -0.25) is 19.6 Å². The van der Waals surface area contributed by atoms with Crippen molar-refractivity contribution in [3.05, 3.63) is 64.5 Å². The summed E-state index contributed by atoms with van der Waals surface area (Å²) in [4.78, 5) is 33.7. The lowest BCUT2D eigenvalue weighted by atomic mass is 10.00. The van der Waals surface area contributed by atoms with Crippen LogP contribution in [0.2, 0.25) is 0 Å². The monoisotopic (exact) mass is 473 g/mol. The van der Waals surface area contributed by atoms with Gasteiger partial charge in [-0.1, -0.05) is 0 Å². The minimum absolute atomic E-state index is 0.188. The molecular formula is C23H22F3N5O3. The number of nitrogens with two attached hydrogens (primary N) is 1. The van der Waals surface area contributed by atoms with Crippen molar-refractivity contribution in [2.45, 2.75) is 39.3 Å². The summed E-state index contributed by atoms with van der Waals surface area (Å²) in [5, 5.41) is 2.93.